The summed E-state index contributed by atoms with van der Waals surface area (Å²) >= 11 is 15.9. The van der Waals surface area contributed by atoms with Gasteiger partial charge in [-0.15, -0.1) is 0 Å². The third-order valence-corrected chi connectivity index (χ3v) is 4.84. The van der Waals surface area contributed by atoms with E-state index >= 15 is 0 Å². The van der Waals surface area contributed by atoms with Gasteiger partial charge in [-0.05, 0) is 52.7 Å². The minimum atomic E-state index is 0.341. The summed E-state index contributed by atoms with van der Waals surface area (Å²) in [5, 5.41) is 6.22. The van der Waals surface area contributed by atoms with Crippen LogP contribution in [0.1, 0.15) is 5.56 Å². The van der Waals surface area contributed by atoms with Gasteiger partial charge in [-0.1, -0.05) is 23.2 Å². The van der Waals surface area contributed by atoms with Crippen LogP contribution in [0.5, 0.6) is 0 Å². The van der Waals surface area contributed by atoms with Crippen LogP contribution in [0.4, 0.5) is 0 Å². The molecule has 0 bridgehead atoms. The fourth-order valence-electron chi connectivity index (χ4n) is 2.79. The molecule has 136 valence electrons. The van der Waals surface area contributed by atoms with E-state index < -0.39 is 0 Å². The standard InChI is InChI=1S/C18H12BrCl2N5O/c1-9-6-10(20)7-11-15(9)24-18(27-17(11)22-2)13-8-14(19)25-26(13)16-12(21)4-3-5-23-16/h3-8H,1-2H3. The molecule has 0 saturated carbocycles. The Labute approximate surface area is 172 Å². The Balaban J connectivity index is 2.04. The van der Waals surface area contributed by atoms with Crippen LogP contribution in [-0.2, 0) is 0 Å². The van der Waals surface area contributed by atoms with Crippen molar-refractivity contribution in [2.75, 3.05) is 7.05 Å². The monoisotopic (exact) mass is 463 g/mol. The van der Waals surface area contributed by atoms with E-state index in [1.807, 2.05) is 13.0 Å². The maximum Gasteiger partial charge on any atom is 0.248 e. The number of hydrogen-bond acceptors (Lipinski definition) is 5. The zero-order chi connectivity index (χ0) is 19.1. The number of benzene rings is 1. The lowest BCUT2D eigenvalue weighted by molar-refractivity contribution is 0.497. The average Bonchev–Trinajstić information content (AvgIpc) is 3.03. The Morgan fingerprint density at radius 2 is 2.04 bits per heavy atom. The lowest BCUT2D eigenvalue weighted by Crippen LogP contribution is -2.09. The van der Waals surface area contributed by atoms with Crippen LogP contribution in [0.2, 0.25) is 10.0 Å². The number of rotatable bonds is 2. The van der Waals surface area contributed by atoms with Gasteiger partial charge in [0.2, 0.25) is 11.4 Å². The first-order valence-corrected chi connectivity index (χ1v) is 9.43. The molecule has 1 aromatic carbocycles. The zero-order valence-corrected chi connectivity index (χ0v) is 17.3. The first kappa shape index (κ1) is 18.2. The third-order valence-electron chi connectivity index (χ3n) is 3.94. The highest BCUT2D eigenvalue weighted by Gasteiger charge is 2.19. The largest absolute Gasteiger partial charge is 0.418 e. The molecule has 0 aliphatic rings. The number of nitrogens with zero attached hydrogens (tertiary/aromatic N) is 5. The van der Waals surface area contributed by atoms with E-state index in [1.165, 1.54) is 0 Å². The lowest BCUT2D eigenvalue weighted by atomic mass is 10.1. The van der Waals surface area contributed by atoms with Crippen molar-refractivity contribution >= 4 is 50.0 Å². The van der Waals surface area contributed by atoms with E-state index in [9.17, 15) is 0 Å². The van der Waals surface area contributed by atoms with E-state index in [0.717, 1.165) is 16.5 Å². The molecule has 0 amide bonds. The Morgan fingerprint density at radius 3 is 2.78 bits per heavy atom. The highest BCUT2D eigenvalue weighted by molar-refractivity contribution is 9.10. The van der Waals surface area contributed by atoms with Crippen molar-refractivity contribution in [1.82, 2.24) is 19.7 Å². The summed E-state index contributed by atoms with van der Waals surface area (Å²) in [6.45, 7) is 1.94. The van der Waals surface area contributed by atoms with Gasteiger partial charge in [0.05, 0.1) is 15.9 Å². The van der Waals surface area contributed by atoms with Crippen molar-refractivity contribution in [3.63, 3.8) is 0 Å². The average molecular weight is 465 g/mol. The highest BCUT2D eigenvalue weighted by atomic mass is 79.9. The SMILES string of the molecule is CN=c1oc(-c2cc(Br)nn2-c2ncccc2Cl)nc2c(C)cc(Cl)cc12. The van der Waals surface area contributed by atoms with Gasteiger partial charge in [0.1, 0.15) is 10.3 Å². The second-order valence-electron chi connectivity index (χ2n) is 5.74. The van der Waals surface area contributed by atoms with Crippen molar-refractivity contribution in [3.8, 4) is 17.4 Å². The molecule has 27 heavy (non-hydrogen) atoms. The Hall–Kier alpha value is -2.22. The Kier molecular flexibility index (Phi) is 4.75. The summed E-state index contributed by atoms with van der Waals surface area (Å²) in [5.74, 6) is 0.813. The molecule has 0 atom stereocenters. The maximum absolute atomic E-state index is 6.30. The number of pyridine rings is 1. The molecule has 6 nitrogen and oxygen atoms in total. The quantitative estimate of drug-likeness (QED) is 0.419. The number of hydrogen-bond donors (Lipinski definition) is 0. The fraction of sp³-hybridized carbons (Fsp3) is 0.111. The first-order chi connectivity index (χ1) is 13.0. The summed E-state index contributed by atoms with van der Waals surface area (Å²) in [5.41, 5.74) is 2.68. The topological polar surface area (TPSA) is 69.1 Å². The molecule has 3 heterocycles. The molecule has 0 aliphatic heterocycles. The molecule has 0 saturated heterocycles. The summed E-state index contributed by atoms with van der Waals surface area (Å²) in [6.07, 6.45) is 1.64. The number of halogens is 3. The van der Waals surface area contributed by atoms with E-state index in [2.05, 4.69) is 36.0 Å². The minimum absolute atomic E-state index is 0.341. The van der Waals surface area contributed by atoms with Crippen LogP contribution in [0.25, 0.3) is 28.3 Å². The molecule has 0 fully saturated rings. The third kappa shape index (κ3) is 3.26. The van der Waals surface area contributed by atoms with Crippen LogP contribution in [0.3, 0.4) is 0 Å². The van der Waals surface area contributed by atoms with E-state index in [-0.39, 0.29) is 0 Å². The van der Waals surface area contributed by atoms with Gasteiger partial charge in [0.15, 0.2) is 5.82 Å². The maximum atomic E-state index is 6.30. The number of fused-ring (bicyclic) bond motifs is 1. The van der Waals surface area contributed by atoms with Crippen LogP contribution in [0.15, 0.2) is 50.5 Å². The van der Waals surface area contributed by atoms with Crippen LogP contribution in [0, 0.1) is 6.92 Å². The molecule has 0 radical (unpaired) electrons. The molecule has 0 N–H and O–H groups in total. The molecule has 4 aromatic rings. The molecule has 0 unspecified atom stereocenters. The molecular formula is C18H12BrCl2N5O. The van der Waals surface area contributed by atoms with Crippen molar-refractivity contribution in [3.05, 3.63) is 62.3 Å². The van der Waals surface area contributed by atoms with Crippen molar-refractivity contribution < 1.29 is 4.42 Å². The molecule has 4 rings (SSSR count). The van der Waals surface area contributed by atoms with Gasteiger partial charge in [-0.25, -0.2) is 14.6 Å². The fourth-order valence-corrected chi connectivity index (χ4v) is 3.64. The second kappa shape index (κ2) is 7.07. The smallest absolute Gasteiger partial charge is 0.248 e. The lowest BCUT2D eigenvalue weighted by Gasteiger charge is -2.09. The summed E-state index contributed by atoms with van der Waals surface area (Å²) in [4.78, 5) is 13.3. The van der Waals surface area contributed by atoms with Gasteiger partial charge >= 0.3 is 0 Å². The van der Waals surface area contributed by atoms with E-state index in [1.54, 1.807) is 42.2 Å². The minimum Gasteiger partial charge on any atom is -0.418 e. The van der Waals surface area contributed by atoms with Crippen LogP contribution < -0.4 is 5.55 Å². The van der Waals surface area contributed by atoms with Gasteiger partial charge in [0.25, 0.3) is 0 Å². The van der Waals surface area contributed by atoms with Crippen LogP contribution in [-0.4, -0.2) is 26.8 Å². The van der Waals surface area contributed by atoms with Crippen molar-refractivity contribution in [1.29, 1.82) is 0 Å². The van der Waals surface area contributed by atoms with Gasteiger partial charge < -0.3 is 4.42 Å². The number of aromatic nitrogens is 4. The predicted molar refractivity (Wildman–Crippen MR) is 108 cm³/mol. The van der Waals surface area contributed by atoms with E-state index in [0.29, 0.717) is 37.6 Å². The molecule has 3 aromatic heterocycles. The highest BCUT2D eigenvalue weighted by Crippen LogP contribution is 2.28. The molecule has 9 heteroatoms. The normalized spacial score (nSPS) is 12.1. The van der Waals surface area contributed by atoms with Crippen LogP contribution >= 0.6 is 39.1 Å². The van der Waals surface area contributed by atoms with Gasteiger partial charge in [-0.3, -0.25) is 4.99 Å². The zero-order valence-electron chi connectivity index (χ0n) is 14.2. The van der Waals surface area contributed by atoms with Gasteiger partial charge in [-0.2, -0.15) is 5.10 Å². The first-order valence-electron chi connectivity index (χ1n) is 7.88. The van der Waals surface area contributed by atoms with Crippen molar-refractivity contribution in [2.24, 2.45) is 4.99 Å². The predicted octanol–water partition coefficient (Wildman–Crippen LogP) is 4.98. The Bertz CT molecular complexity index is 1250. The van der Waals surface area contributed by atoms with Gasteiger partial charge in [0, 0.05) is 24.3 Å². The Morgan fingerprint density at radius 1 is 1.22 bits per heavy atom. The summed E-state index contributed by atoms with van der Waals surface area (Å²) < 4.78 is 8.14. The van der Waals surface area contributed by atoms with Crippen molar-refractivity contribution in [2.45, 2.75) is 6.92 Å². The van der Waals surface area contributed by atoms with E-state index in [4.69, 9.17) is 27.6 Å². The molecule has 0 aliphatic carbocycles. The summed E-state index contributed by atoms with van der Waals surface area (Å²) in [7, 11) is 1.65. The second-order valence-corrected chi connectivity index (χ2v) is 7.40. The summed E-state index contributed by atoms with van der Waals surface area (Å²) in [6, 6.07) is 8.92. The molecular weight excluding hydrogens is 453 g/mol. The number of aryl methyl sites for hydroxylation is 1. The molecule has 0 spiro atoms.